The number of ether oxygens (including phenoxy) is 4. The second-order valence-corrected chi connectivity index (χ2v) is 21.7. The van der Waals surface area contributed by atoms with Gasteiger partial charge in [-0.2, -0.15) is 0 Å². The van der Waals surface area contributed by atoms with Gasteiger partial charge in [-0.1, -0.05) is 234 Å². The van der Waals surface area contributed by atoms with Crippen LogP contribution in [0.2, 0.25) is 0 Å². The third-order valence-electron chi connectivity index (χ3n) is 14.8. The van der Waals surface area contributed by atoms with Gasteiger partial charge in [0.25, 0.3) is 0 Å². The summed E-state index contributed by atoms with van der Waals surface area (Å²) in [5, 5.41) is 10.5. The summed E-state index contributed by atoms with van der Waals surface area (Å²) in [6, 6.07) is -0.469. The summed E-state index contributed by atoms with van der Waals surface area (Å²) >= 11 is 0. The zero-order chi connectivity index (χ0) is 51.0. The van der Waals surface area contributed by atoms with Crippen LogP contribution in [-0.2, 0) is 33.3 Å². The van der Waals surface area contributed by atoms with E-state index < -0.39 is 17.9 Å². The number of β-amino-alcohol motifs (C(OH)–C–C–N with tert-alkyl or cyclic N) is 1. The number of hydrogen-bond acceptors (Lipinski definition) is 9. The van der Waals surface area contributed by atoms with Gasteiger partial charge in [0.1, 0.15) is 6.04 Å². The highest BCUT2D eigenvalue weighted by Gasteiger charge is 2.38. The number of aliphatic hydroxyl groups is 1. The van der Waals surface area contributed by atoms with Gasteiger partial charge in [-0.3, -0.25) is 19.3 Å². The molecule has 2 atom stereocenters. The van der Waals surface area contributed by atoms with Crippen LogP contribution in [0.1, 0.15) is 324 Å². The number of esters is 3. The molecule has 1 fully saturated rings. The fraction of sp³-hybridized carbons (Fsp3) is 0.951. The van der Waals surface area contributed by atoms with Gasteiger partial charge in [0.05, 0.1) is 25.4 Å². The van der Waals surface area contributed by atoms with E-state index in [9.17, 15) is 19.5 Å². The smallest absolute Gasteiger partial charge is 0.323 e. The Bertz CT molecular complexity index is 1150. The average Bonchev–Trinajstić information content (AvgIpc) is 3.73. The molecule has 1 N–H and O–H groups in total. The summed E-state index contributed by atoms with van der Waals surface area (Å²) in [4.78, 5) is 41.6. The molecule has 70 heavy (non-hydrogen) atoms. The summed E-state index contributed by atoms with van der Waals surface area (Å²) in [5.41, 5.74) is 0. The van der Waals surface area contributed by atoms with Gasteiger partial charge < -0.3 is 24.1 Å². The van der Waals surface area contributed by atoms with Gasteiger partial charge in [0.2, 0.25) is 5.79 Å². The first-order valence-corrected chi connectivity index (χ1v) is 30.9. The molecule has 1 saturated heterocycles. The van der Waals surface area contributed by atoms with E-state index >= 15 is 0 Å². The van der Waals surface area contributed by atoms with Gasteiger partial charge in [-0.25, -0.2) is 0 Å². The normalized spacial score (nSPS) is 15.3. The molecule has 414 valence electrons. The second kappa shape index (κ2) is 48.2. The van der Waals surface area contributed by atoms with Crippen molar-refractivity contribution in [2.24, 2.45) is 0 Å². The molecular formula is C61H117NO8. The fourth-order valence-electron chi connectivity index (χ4n) is 10.3. The van der Waals surface area contributed by atoms with Crippen LogP contribution in [0, 0.1) is 0 Å². The van der Waals surface area contributed by atoms with Gasteiger partial charge in [-0.15, -0.1) is 0 Å². The third kappa shape index (κ3) is 38.0. The minimum absolute atomic E-state index is 0.0984. The number of unbranched alkanes of at least 4 members (excludes halogenated alkanes) is 31. The summed E-state index contributed by atoms with van der Waals surface area (Å²) in [6.07, 6.45) is 48.3. The quantitative estimate of drug-likeness (QED) is 0.0276. The first-order chi connectivity index (χ1) is 34.2. The Morgan fingerprint density at radius 1 is 0.471 bits per heavy atom. The van der Waals surface area contributed by atoms with Crippen molar-refractivity contribution in [2.75, 3.05) is 26.3 Å². The van der Waals surface area contributed by atoms with Crippen molar-refractivity contribution < 1.29 is 38.4 Å². The predicted octanol–water partition coefficient (Wildman–Crippen LogP) is 17.4. The number of carbonyl (C=O) groups excluding carboxylic acids is 3. The molecule has 0 bridgehead atoms. The standard InChI is InChI=1S/C61H117NO8/c1-6-11-16-21-26-27-28-33-42-51-67-58(64)46-37-34-41-50-62-54-55(63)53-57(62)60(66)68-52-43-38-47-59(65)70-61(48-39-31-24-19-14-9-4,49-40-32-25-20-15-10-5)69-56(44-35-29-22-17-12-7-2)45-36-30-23-18-13-8-3/h55-57,63H,6-54H2,1-5H3/t55-,57+/m1/s1. The van der Waals surface area contributed by atoms with Crippen molar-refractivity contribution in [3.05, 3.63) is 0 Å². The molecule has 0 saturated carbocycles. The van der Waals surface area contributed by atoms with Crippen molar-refractivity contribution in [1.82, 2.24) is 4.90 Å². The number of rotatable bonds is 53. The number of likely N-dealkylation sites (tertiary alicyclic amines) is 1. The molecule has 0 aliphatic carbocycles. The summed E-state index contributed by atoms with van der Waals surface area (Å²) in [7, 11) is 0. The number of aliphatic hydroxyl groups excluding tert-OH is 1. The highest BCUT2D eigenvalue weighted by molar-refractivity contribution is 5.76. The van der Waals surface area contributed by atoms with Crippen molar-refractivity contribution in [2.45, 2.75) is 348 Å². The number of nitrogens with zero attached hydrogens (tertiary/aromatic N) is 1. The van der Waals surface area contributed by atoms with E-state index in [-0.39, 0.29) is 37.0 Å². The molecule has 0 amide bonds. The first-order valence-electron chi connectivity index (χ1n) is 30.9. The van der Waals surface area contributed by atoms with Crippen LogP contribution in [0.4, 0.5) is 0 Å². The Labute approximate surface area is 433 Å². The lowest BCUT2D eigenvalue weighted by molar-refractivity contribution is -0.259. The molecule has 9 nitrogen and oxygen atoms in total. The SMILES string of the molecule is CCCCCCCCCCCOC(=O)CCCCCN1C[C@H](O)C[C@H]1C(=O)OCCCCC(=O)OC(CCCCCCCC)(CCCCCCCC)OC(CCCCCCCC)CCCCCCCC. The predicted molar refractivity (Wildman–Crippen MR) is 293 cm³/mol. The molecule has 0 spiro atoms. The lowest BCUT2D eigenvalue weighted by Gasteiger charge is -2.37. The molecule has 1 rings (SSSR count). The first kappa shape index (κ1) is 66.3. The topological polar surface area (TPSA) is 112 Å². The minimum atomic E-state index is -0.892. The Balaban J connectivity index is 2.77. The molecular weight excluding hydrogens is 875 g/mol. The molecule has 9 heteroatoms. The molecule has 0 aromatic carbocycles. The molecule has 0 radical (unpaired) electrons. The monoisotopic (exact) mass is 992 g/mol. The van der Waals surface area contributed by atoms with Gasteiger partial charge in [0.15, 0.2) is 0 Å². The van der Waals surface area contributed by atoms with Gasteiger partial charge in [0, 0.05) is 38.6 Å². The lowest BCUT2D eigenvalue weighted by atomic mass is 9.97. The average molecular weight is 993 g/mol. The molecule has 1 aliphatic rings. The molecule has 0 aromatic heterocycles. The Hall–Kier alpha value is -1.71. The van der Waals surface area contributed by atoms with Gasteiger partial charge in [-0.05, 0) is 64.3 Å². The van der Waals surface area contributed by atoms with Crippen molar-refractivity contribution in [3.8, 4) is 0 Å². The second-order valence-electron chi connectivity index (χ2n) is 21.7. The maximum Gasteiger partial charge on any atom is 0.323 e. The fourth-order valence-corrected chi connectivity index (χ4v) is 10.3. The van der Waals surface area contributed by atoms with E-state index in [1.807, 2.05) is 4.90 Å². The van der Waals surface area contributed by atoms with Crippen molar-refractivity contribution >= 4 is 17.9 Å². The highest BCUT2D eigenvalue weighted by Crippen LogP contribution is 2.34. The van der Waals surface area contributed by atoms with E-state index in [4.69, 9.17) is 18.9 Å². The van der Waals surface area contributed by atoms with E-state index in [1.54, 1.807) is 0 Å². The summed E-state index contributed by atoms with van der Waals surface area (Å²) in [6.45, 7) is 13.2. The minimum Gasteiger partial charge on any atom is -0.466 e. The highest BCUT2D eigenvalue weighted by atomic mass is 16.7. The van der Waals surface area contributed by atoms with Crippen LogP contribution in [0.5, 0.6) is 0 Å². The zero-order valence-electron chi connectivity index (χ0n) is 47.1. The van der Waals surface area contributed by atoms with Gasteiger partial charge >= 0.3 is 17.9 Å². The number of hydrogen-bond donors (Lipinski definition) is 1. The zero-order valence-corrected chi connectivity index (χ0v) is 47.1. The van der Waals surface area contributed by atoms with Crippen LogP contribution in [0.3, 0.4) is 0 Å². The van der Waals surface area contributed by atoms with E-state index in [0.717, 1.165) is 96.3 Å². The lowest BCUT2D eigenvalue weighted by Crippen LogP contribution is -2.42. The molecule has 1 aliphatic heterocycles. The molecule has 1 heterocycles. The van der Waals surface area contributed by atoms with Crippen molar-refractivity contribution in [3.63, 3.8) is 0 Å². The Morgan fingerprint density at radius 3 is 1.36 bits per heavy atom. The Morgan fingerprint density at radius 2 is 0.857 bits per heavy atom. The van der Waals surface area contributed by atoms with Crippen molar-refractivity contribution in [1.29, 1.82) is 0 Å². The Kier molecular flexibility index (Phi) is 45.7. The maximum atomic E-state index is 13.9. The molecule has 0 unspecified atom stereocenters. The van der Waals surface area contributed by atoms with E-state index in [2.05, 4.69) is 34.6 Å². The van der Waals surface area contributed by atoms with E-state index in [0.29, 0.717) is 45.4 Å². The van der Waals surface area contributed by atoms with Crippen LogP contribution < -0.4 is 0 Å². The van der Waals surface area contributed by atoms with Crippen LogP contribution in [-0.4, -0.2) is 78.3 Å². The molecule has 0 aromatic rings. The largest absolute Gasteiger partial charge is 0.466 e. The number of carbonyl (C=O) groups is 3. The van der Waals surface area contributed by atoms with E-state index in [1.165, 1.54) is 161 Å². The summed E-state index contributed by atoms with van der Waals surface area (Å²) < 4.78 is 25.2. The maximum absolute atomic E-state index is 13.9. The van der Waals surface area contributed by atoms with Crippen LogP contribution in [0.25, 0.3) is 0 Å². The third-order valence-corrected chi connectivity index (χ3v) is 14.8. The summed E-state index contributed by atoms with van der Waals surface area (Å²) in [5.74, 6) is -1.51. The van der Waals surface area contributed by atoms with Crippen LogP contribution >= 0.6 is 0 Å². The van der Waals surface area contributed by atoms with Crippen LogP contribution in [0.15, 0.2) is 0 Å².